The number of rotatable bonds is 8. The van der Waals surface area contributed by atoms with E-state index in [1.54, 1.807) is 0 Å². The summed E-state index contributed by atoms with van der Waals surface area (Å²) in [5, 5.41) is 23.8. The van der Waals surface area contributed by atoms with Crippen molar-refractivity contribution < 1.29 is 38.6 Å². The minimum absolute atomic E-state index is 0.0814. The van der Waals surface area contributed by atoms with Gasteiger partial charge in [0.1, 0.15) is 5.78 Å². The van der Waals surface area contributed by atoms with E-state index in [1.165, 1.54) is 0 Å². The van der Waals surface area contributed by atoms with Crippen molar-refractivity contribution in [3.05, 3.63) is 0 Å². The summed E-state index contributed by atoms with van der Waals surface area (Å²) in [6.07, 6.45) is 6.03. The summed E-state index contributed by atoms with van der Waals surface area (Å²) in [6.45, 7) is 4.49. The van der Waals surface area contributed by atoms with Gasteiger partial charge >= 0.3 is 0 Å². The molecule has 192 valence electrons. The average molecular weight is 497 g/mol. The molecule has 4 aliphatic carbocycles. The van der Waals surface area contributed by atoms with Gasteiger partial charge in [0.25, 0.3) is 0 Å². The summed E-state index contributed by atoms with van der Waals surface area (Å²) in [7, 11) is -4.73. The second kappa shape index (κ2) is 9.30. The molecule has 0 aliphatic heterocycles. The summed E-state index contributed by atoms with van der Waals surface area (Å²) >= 11 is 0. The number of carbonyl (C=O) groups is 3. The molecule has 0 aromatic rings. The van der Waals surface area contributed by atoms with Gasteiger partial charge in [0.15, 0.2) is 0 Å². The van der Waals surface area contributed by atoms with Crippen molar-refractivity contribution in [2.24, 2.45) is 34.5 Å². The van der Waals surface area contributed by atoms with Crippen LogP contribution in [0, 0.1) is 34.5 Å². The molecular weight excluding hydrogens is 461 g/mol. The van der Waals surface area contributed by atoms with Gasteiger partial charge in [-0.1, -0.05) is 13.8 Å². The van der Waals surface area contributed by atoms with E-state index >= 15 is 0 Å². The second-order valence-electron chi connectivity index (χ2n) is 11.5. The Morgan fingerprint density at radius 1 is 1.12 bits per heavy atom. The standard InChI is InChI=1S/C24H38NO8P/c1-23-11-9-15(33-34(31,32)25-19(22(29)30)6-8-21(27)28)13-14(23)3-4-16-17-5-7-20(26)24(17,2)12-10-18(16)23/h14-19H,3-13H2,1-2H3,(H,27,28)(H,29,30)(H2,25,31,32)/p-3/t14-,15-,16-,17-,18-,19-,23-,24-/m0/s1. The van der Waals surface area contributed by atoms with Gasteiger partial charge in [-0.05, 0) is 93.3 Å². The number of hydrogen-bond donors (Lipinski definition) is 1. The van der Waals surface area contributed by atoms with Crippen LogP contribution in [0.15, 0.2) is 0 Å². The molecule has 0 aromatic carbocycles. The van der Waals surface area contributed by atoms with E-state index in [0.29, 0.717) is 48.7 Å². The van der Waals surface area contributed by atoms with Crippen LogP contribution in [0.2, 0.25) is 0 Å². The number of nitrogens with one attached hydrogen (secondary N) is 1. The zero-order valence-electron chi connectivity index (χ0n) is 20.0. The molecule has 0 spiro atoms. The predicted octanol–water partition coefficient (Wildman–Crippen LogP) is 0.690. The molecule has 9 nitrogen and oxygen atoms in total. The van der Waals surface area contributed by atoms with Crippen LogP contribution >= 0.6 is 7.75 Å². The maximum Gasteiger partial charge on any atom is 0.205 e. The van der Waals surface area contributed by atoms with Crippen LogP contribution in [0.1, 0.15) is 84.5 Å². The van der Waals surface area contributed by atoms with Crippen LogP contribution in [0.4, 0.5) is 0 Å². The highest BCUT2D eigenvalue weighted by atomic mass is 31.2. The van der Waals surface area contributed by atoms with Gasteiger partial charge in [-0.25, -0.2) is 5.09 Å². The van der Waals surface area contributed by atoms with Crippen LogP contribution in [0.5, 0.6) is 0 Å². The number of fused-ring (bicyclic) bond motifs is 5. The Bertz CT molecular complexity index is 894. The normalized spacial score (nSPS) is 42.1. The molecule has 0 saturated heterocycles. The van der Waals surface area contributed by atoms with Crippen LogP contribution in [-0.2, 0) is 23.5 Å². The number of ketones is 1. The minimum Gasteiger partial charge on any atom is -0.766 e. The molecule has 0 aromatic heterocycles. The van der Waals surface area contributed by atoms with Gasteiger partial charge in [0.2, 0.25) is 7.75 Å². The lowest BCUT2D eigenvalue weighted by Crippen LogP contribution is -2.54. The SMILES string of the molecule is C[C@]12CC[C@H](OP(=O)([O-])N[C@@H](CCC(=O)[O-])C(=O)[O-])C[C@@H]1CC[C@@H]1[C@@H]2CC[C@]2(C)C(=O)CC[C@@H]12. The zero-order valence-corrected chi connectivity index (χ0v) is 20.8. The Hall–Kier alpha value is -1.28. The average Bonchev–Trinajstić information content (AvgIpc) is 3.05. The first-order valence-corrected chi connectivity index (χ1v) is 14.1. The fraction of sp³-hybridized carbons (Fsp3) is 0.875. The van der Waals surface area contributed by atoms with Crippen molar-refractivity contribution in [2.75, 3.05) is 0 Å². The summed E-state index contributed by atoms with van der Waals surface area (Å²) in [5.74, 6) is -0.909. The van der Waals surface area contributed by atoms with E-state index < -0.39 is 44.7 Å². The highest BCUT2D eigenvalue weighted by Crippen LogP contribution is 2.65. The van der Waals surface area contributed by atoms with E-state index in [0.717, 1.165) is 38.5 Å². The molecule has 4 saturated carbocycles. The van der Waals surface area contributed by atoms with E-state index in [1.807, 2.05) is 5.09 Å². The van der Waals surface area contributed by atoms with Crippen LogP contribution < -0.4 is 20.2 Å². The van der Waals surface area contributed by atoms with Gasteiger partial charge in [-0.3, -0.25) is 9.36 Å². The molecular formula is C24H35NO8P-3. The fourth-order valence-corrected chi connectivity index (χ4v) is 9.26. The number of Topliss-reactive ketones (excluding diaryl/α,β-unsaturated/α-hetero) is 1. The topological polar surface area (TPSA) is 159 Å². The molecule has 4 aliphatic rings. The summed E-state index contributed by atoms with van der Waals surface area (Å²) in [4.78, 5) is 47.0. The molecule has 34 heavy (non-hydrogen) atoms. The highest BCUT2D eigenvalue weighted by Gasteiger charge is 2.60. The Labute approximate surface area is 200 Å². The Morgan fingerprint density at radius 2 is 1.85 bits per heavy atom. The van der Waals surface area contributed by atoms with Crippen molar-refractivity contribution in [3.63, 3.8) is 0 Å². The lowest BCUT2D eigenvalue weighted by atomic mass is 9.45. The van der Waals surface area contributed by atoms with Crippen molar-refractivity contribution in [1.29, 1.82) is 0 Å². The quantitative estimate of drug-likeness (QED) is 0.477. The lowest BCUT2D eigenvalue weighted by Gasteiger charge is -2.60. The number of aliphatic carboxylic acids is 2. The first kappa shape index (κ1) is 25.8. The third kappa shape index (κ3) is 4.73. The first-order chi connectivity index (χ1) is 15.9. The third-order valence-corrected chi connectivity index (χ3v) is 11.1. The zero-order chi connectivity index (χ0) is 24.9. The van der Waals surface area contributed by atoms with Gasteiger partial charge in [0, 0.05) is 17.8 Å². The van der Waals surface area contributed by atoms with E-state index in [2.05, 4.69) is 13.8 Å². The molecule has 0 bridgehead atoms. The molecule has 1 unspecified atom stereocenters. The van der Waals surface area contributed by atoms with E-state index in [9.17, 15) is 34.1 Å². The van der Waals surface area contributed by atoms with Crippen molar-refractivity contribution in [2.45, 2.75) is 96.6 Å². The Kier molecular flexibility index (Phi) is 7.06. The Morgan fingerprint density at radius 3 is 2.53 bits per heavy atom. The van der Waals surface area contributed by atoms with Crippen molar-refractivity contribution in [3.8, 4) is 0 Å². The fourth-order valence-electron chi connectivity index (χ4n) is 8.00. The van der Waals surface area contributed by atoms with Gasteiger partial charge in [-0.15, -0.1) is 0 Å². The summed E-state index contributed by atoms with van der Waals surface area (Å²) in [5.41, 5.74) is -0.0875. The molecule has 0 radical (unpaired) electrons. The first-order valence-electron chi connectivity index (χ1n) is 12.6. The molecule has 9 atom stereocenters. The maximum atomic E-state index is 12.6. The maximum absolute atomic E-state index is 12.6. The summed E-state index contributed by atoms with van der Waals surface area (Å²) in [6, 6.07) is -1.68. The molecule has 4 fully saturated rings. The van der Waals surface area contributed by atoms with Gasteiger partial charge in [0.05, 0.1) is 18.1 Å². The smallest absolute Gasteiger partial charge is 0.205 e. The van der Waals surface area contributed by atoms with Crippen LogP contribution in [0.3, 0.4) is 0 Å². The molecule has 0 heterocycles. The number of carbonyl (C=O) groups excluding carboxylic acids is 3. The number of carboxylic acids is 2. The van der Waals surface area contributed by atoms with E-state index in [4.69, 9.17) is 4.52 Å². The minimum atomic E-state index is -4.73. The molecule has 0 amide bonds. The lowest BCUT2D eigenvalue weighted by molar-refractivity contribution is -0.310. The van der Waals surface area contributed by atoms with Crippen LogP contribution in [-0.4, -0.2) is 29.9 Å². The predicted molar refractivity (Wildman–Crippen MR) is 115 cm³/mol. The van der Waals surface area contributed by atoms with Crippen molar-refractivity contribution in [1.82, 2.24) is 5.09 Å². The van der Waals surface area contributed by atoms with E-state index in [-0.39, 0.29) is 10.8 Å². The van der Waals surface area contributed by atoms with Crippen molar-refractivity contribution >= 4 is 25.5 Å². The third-order valence-electron chi connectivity index (χ3n) is 9.85. The monoisotopic (exact) mass is 496 g/mol. The number of carboxylic acid groups (broad SMARTS) is 2. The molecule has 1 N–H and O–H groups in total. The van der Waals surface area contributed by atoms with Crippen LogP contribution in [0.25, 0.3) is 0 Å². The number of hydrogen-bond acceptors (Lipinski definition) is 8. The highest BCUT2D eigenvalue weighted by molar-refractivity contribution is 7.49. The summed E-state index contributed by atoms with van der Waals surface area (Å²) < 4.78 is 17.9. The Balaban J connectivity index is 1.39. The van der Waals surface area contributed by atoms with Gasteiger partial charge < -0.3 is 29.2 Å². The molecule has 10 heteroatoms. The molecule has 4 rings (SSSR count). The second-order valence-corrected chi connectivity index (χ2v) is 12.9. The largest absolute Gasteiger partial charge is 0.766 e. The van der Waals surface area contributed by atoms with Gasteiger partial charge in [-0.2, -0.15) is 0 Å².